The average molecular weight is 525 g/mol. The van der Waals surface area contributed by atoms with E-state index in [2.05, 4.69) is 6.07 Å². The molecule has 11 heteroatoms. The molecule has 0 aromatic heterocycles. The second-order valence-electron chi connectivity index (χ2n) is 8.35. The second-order valence-corrected chi connectivity index (χ2v) is 8.35. The molecule has 1 heterocycles. The molecular weight excluding hydrogens is 501 g/mol. The van der Waals surface area contributed by atoms with E-state index < -0.39 is 25.0 Å². The maximum atomic E-state index is 13.3. The van der Waals surface area contributed by atoms with E-state index >= 15 is 0 Å². The largest absolute Gasteiger partial charge is 0.488 e. The Hall–Kier alpha value is -5.05. The lowest BCUT2D eigenvalue weighted by Crippen LogP contribution is -2.40. The van der Waals surface area contributed by atoms with Crippen LogP contribution in [0.25, 0.3) is 0 Å². The maximum absolute atomic E-state index is 13.3. The van der Waals surface area contributed by atoms with Crippen LogP contribution in [0.3, 0.4) is 0 Å². The molecule has 39 heavy (non-hydrogen) atoms. The lowest BCUT2D eigenvalue weighted by Gasteiger charge is -2.36. The van der Waals surface area contributed by atoms with Gasteiger partial charge in [0.25, 0.3) is 0 Å². The summed E-state index contributed by atoms with van der Waals surface area (Å²) in [6, 6.07) is 23.4. The maximum Gasteiger partial charge on any atom is 0.488 e. The number of nitriles is 1. The van der Waals surface area contributed by atoms with E-state index in [0.717, 1.165) is 0 Å². The SMILES string of the molecule is COC(=O)C1=C(C(=O)OC)N(c2ccccc2Oc2ccc(B(O)O)cc2)C(N)=C(C#N)C1c1ccccc1. The molecule has 3 aromatic carbocycles. The Morgan fingerprint density at radius 3 is 2.13 bits per heavy atom. The van der Waals surface area contributed by atoms with Crippen molar-refractivity contribution in [3.63, 3.8) is 0 Å². The van der Waals surface area contributed by atoms with Crippen LogP contribution in [0.1, 0.15) is 11.5 Å². The Balaban J connectivity index is 1.95. The quantitative estimate of drug-likeness (QED) is 0.308. The smallest absolute Gasteiger partial charge is 0.466 e. The number of para-hydroxylation sites is 2. The number of nitrogens with zero attached hydrogens (tertiary/aromatic N) is 2. The molecule has 10 nitrogen and oxygen atoms in total. The molecule has 0 spiro atoms. The zero-order valence-electron chi connectivity index (χ0n) is 21.1. The lowest BCUT2D eigenvalue weighted by molar-refractivity contribution is -0.139. The molecule has 0 aliphatic carbocycles. The van der Waals surface area contributed by atoms with Crippen LogP contribution in [0.2, 0.25) is 0 Å². The van der Waals surface area contributed by atoms with E-state index in [4.69, 9.17) is 19.9 Å². The molecular formula is C28H24BN3O7. The summed E-state index contributed by atoms with van der Waals surface area (Å²) in [5, 5.41) is 29.0. The number of methoxy groups -OCH3 is 2. The fraction of sp³-hybridized carbons (Fsp3) is 0.107. The number of benzene rings is 3. The van der Waals surface area contributed by atoms with Crippen molar-refractivity contribution in [3.05, 3.63) is 107 Å². The molecule has 1 atom stereocenters. The van der Waals surface area contributed by atoms with Crippen molar-refractivity contribution < 1.29 is 33.8 Å². The number of carbonyl (C=O) groups excluding carboxylic acids is 2. The van der Waals surface area contributed by atoms with Gasteiger partial charge in [-0.3, -0.25) is 4.90 Å². The van der Waals surface area contributed by atoms with Crippen LogP contribution in [-0.4, -0.2) is 43.3 Å². The van der Waals surface area contributed by atoms with E-state index in [9.17, 15) is 24.9 Å². The molecule has 1 aliphatic rings. The van der Waals surface area contributed by atoms with Gasteiger partial charge in [0.2, 0.25) is 0 Å². The number of ether oxygens (including phenoxy) is 3. The summed E-state index contributed by atoms with van der Waals surface area (Å²) in [6.07, 6.45) is 0. The molecule has 196 valence electrons. The van der Waals surface area contributed by atoms with E-state index in [0.29, 0.717) is 11.3 Å². The fourth-order valence-electron chi connectivity index (χ4n) is 4.33. The van der Waals surface area contributed by atoms with Gasteiger partial charge >= 0.3 is 19.1 Å². The number of rotatable bonds is 7. The molecule has 0 saturated heterocycles. The van der Waals surface area contributed by atoms with Crippen molar-refractivity contribution in [2.24, 2.45) is 5.73 Å². The number of carbonyl (C=O) groups is 2. The first-order valence-corrected chi connectivity index (χ1v) is 11.7. The predicted molar refractivity (Wildman–Crippen MR) is 142 cm³/mol. The number of hydrogen-bond acceptors (Lipinski definition) is 10. The highest BCUT2D eigenvalue weighted by Crippen LogP contribution is 2.45. The van der Waals surface area contributed by atoms with Crippen molar-refractivity contribution in [3.8, 4) is 17.6 Å². The van der Waals surface area contributed by atoms with Crippen LogP contribution in [-0.2, 0) is 19.1 Å². The van der Waals surface area contributed by atoms with Crippen molar-refractivity contribution >= 4 is 30.2 Å². The molecule has 0 saturated carbocycles. The summed E-state index contributed by atoms with van der Waals surface area (Å²) in [6.45, 7) is 0. The van der Waals surface area contributed by atoms with E-state index in [1.54, 1.807) is 54.6 Å². The van der Waals surface area contributed by atoms with Crippen LogP contribution in [0.5, 0.6) is 11.5 Å². The zero-order chi connectivity index (χ0) is 28.1. The molecule has 0 amide bonds. The normalized spacial score (nSPS) is 14.9. The van der Waals surface area contributed by atoms with E-state index in [-0.39, 0.29) is 39.6 Å². The topological polar surface area (TPSA) is 155 Å². The fourth-order valence-corrected chi connectivity index (χ4v) is 4.33. The minimum atomic E-state index is -1.64. The lowest BCUT2D eigenvalue weighted by atomic mass is 9.80. The second kappa shape index (κ2) is 11.6. The summed E-state index contributed by atoms with van der Waals surface area (Å²) in [5.41, 5.74) is 7.29. The van der Waals surface area contributed by atoms with Gasteiger partial charge in [0, 0.05) is 0 Å². The average Bonchev–Trinajstić information content (AvgIpc) is 2.96. The first kappa shape index (κ1) is 27.0. The van der Waals surface area contributed by atoms with Gasteiger partial charge in [-0.05, 0) is 35.3 Å². The predicted octanol–water partition coefficient (Wildman–Crippen LogP) is 2.06. The number of hydrogen-bond donors (Lipinski definition) is 3. The number of nitrogens with two attached hydrogens (primary N) is 1. The van der Waals surface area contributed by atoms with Gasteiger partial charge in [0.1, 0.15) is 17.3 Å². The third-order valence-corrected chi connectivity index (χ3v) is 6.12. The third kappa shape index (κ3) is 5.20. The Labute approximate surface area is 224 Å². The van der Waals surface area contributed by atoms with Crippen LogP contribution >= 0.6 is 0 Å². The van der Waals surface area contributed by atoms with Crippen molar-refractivity contribution in [2.45, 2.75) is 5.92 Å². The van der Waals surface area contributed by atoms with Gasteiger partial charge in [0.15, 0.2) is 5.75 Å². The van der Waals surface area contributed by atoms with Gasteiger partial charge in [-0.15, -0.1) is 0 Å². The zero-order valence-corrected chi connectivity index (χ0v) is 21.1. The van der Waals surface area contributed by atoms with Crippen LogP contribution in [0.15, 0.2) is 102 Å². The Kier molecular flexibility index (Phi) is 8.00. The molecule has 4 rings (SSSR count). The van der Waals surface area contributed by atoms with Gasteiger partial charge < -0.3 is 30.0 Å². The Morgan fingerprint density at radius 2 is 1.54 bits per heavy atom. The summed E-state index contributed by atoms with van der Waals surface area (Å²) in [4.78, 5) is 27.8. The number of esters is 2. The molecule has 0 radical (unpaired) electrons. The van der Waals surface area contributed by atoms with Crippen molar-refractivity contribution in [1.82, 2.24) is 0 Å². The number of allylic oxidation sites excluding steroid dienone is 1. The highest BCUT2D eigenvalue weighted by molar-refractivity contribution is 6.58. The van der Waals surface area contributed by atoms with Crippen LogP contribution < -0.4 is 20.8 Å². The minimum Gasteiger partial charge on any atom is -0.466 e. The Bertz CT molecular complexity index is 1500. The van der Waals surface area contributed by atoms with E-state index in [1.807, 2.05) is 0 Å². The molecule has 0 fully saturated rings. The summed E-state index contributed by atoms with van der Waals surface area (Å²) >= 11 is 0. The first-order chi connectivity index (χ1) is 18.8. The highest BCUT2D eigenvalue weighted by atomic mass is 16.5. The Morgan fingerprint density at radius 1 is 0.923 bits per heavy atom. The van der Waals surface area contributed by atoms with Gasteiger partial charge in [-0.2, -0.15) is 5.26 Å². The third-order valence-electron chi connectivity index (χ3n) is 6.12. The number of anilines is 1. The summed E-state index contributed by atoms with van der Waals surface area (Å²) in [5.74, 6) is -2.27. The van der Waals surface area contributed by atoms with Crippen molar-refractivity contribution in [1.29, 1.82) is 5.26 Å². The molecule has 1 aliphatic heterocycles. The first-order valence-electron chi connectivity index (χ1n) is 11.7. The van der Waals surface area contributed by atoms with Crippen LogP contribution in [0.4, 0.5) is 5.69 Å². The van der Waals surface area contributed by atoms with Crippen molar-refractivity contribution in [2.75, 3.05) is 19.1 Å². The van der Waals surface area contributed by atoms with Gasteiger partial charge in [-0.1, -0.05) is 54.6 Å². The highest BCUT2D eigenvalue weighted by Gasteiger charge is 2.43. The molecule has 0 bridgehead atoms. The standard InChI is InChI=1S/C28H24BN3O7/c1-37-27(33)24-23(17-8-4-3-5-9-17)20(16-30)26(31)32(25(24)28(34)38-2)21-10-6-7-11-22(21)39-19-14-12-18(13-15-19)29(35)36/h3-15,23,35-36H,31H2,1-2H3. The molecule has 3 aromatic rings. The minimum absolute atomic E-state index is 0.0188. The van der Waals surface area contributed by atoms with Crippen LogP contribution in [0, 0.1) is 11.3 Å². The molecule has 4 N–H and O–H groups in total. The monoisotopic (exact) mass is 525 g/mol. The van der Waals surface area contributed by atoms with Gasteiger partial charge in [0.05, 0.1) is 43.0 Å². The summed E-state index contributed by atoms with van der Waals surface area (Å²) in [7, 11) is 0.698. The van der Waals surface area contributed by atoms with E-state index in [1.165, 1.54) is 43.4 Å². The molecule has 1 unspecified atom stereocenters. The van der Waals surface area contributed by atoms with Gasteiger partial charge in [-0.25, -0.2) is 9.59 Å². The summed E-state index contributed by atoms with van der Waals surface area (Å²) < 4.78 is 16.2.